The van der Waals surface area contributed by atoms with Crippen LogP contribution < -0.4 is 9.47 Å². The van der Waals surface area contributed by atoms with Crippen LogP contribution in [0.1, 0.15) is 18.9 Å². The zero-order chi connectivity index (χ0) is 20.0. The monoisotopic (exact) mass is 404 g/mol. The van der Waals surface area contributed by atoms with E-state index >= 15 is 0 Å². The summed E-state index contributed by atoms with van der Waals surface area (Å²) in [7, 11) is 1.27. The van der Waals surface area contributed by atoms with E-state index in [1.165, 1.54) is 30.6 Å². The van der Waals surface area contributed by atoms with Gasteiger partial charge in [0.1, 0.15) is 35.8 Å². The van der Waals surface area contributed by atoms with E-state index in [1.807, 2.05) is 12.1 Å². The van der Waals surface area contributed by atoms with Crippen molar-refractivity contribution >= 4 is 35.3 Å². The van der Waals surface area contributed by atoms with E-state index < -0.39 is 5.97 Å². The first kappa shape index (κ1) is 20.7. The lowest BCUT2D eigenvalue weighted by molar-refractivity contribution is -0.143. The Morgan fingerprint density at radius 3 is 2.37 bits per heavy atom. The Morgan fingerprint density at radius 1 is 1.11 bits per heavy atom. The van der Waals surface area contributed by atoms with Gasteiger partial charge in [-0.15, -0.1) is 0 Å². The predicted octanol–water partition coefficient (Wildman–Crippen LogP) is 3.36. The lowest BCUT2D eigenvalue weighted by atomic mass is 10.2. The van der Waals surface area contributed by atoms with Crippen molar-refractivity contribution < 1.29 is 23.8 Å². The Balaban J connectivity index is 2.46. The average molecular weight is 404 g/mol. The summed E-state index contributed by atoms with van der Waals surface area (Å²) in [6, 6.07) is 5.45. The molecule has 0 saturated carbocycles. The molecule has 2 rings (SSSR count). The normalized spacial score (nSPS) is 11.8. The number of hydrogen-bond donors (Lipinski definition) is 0. The van der Waals surface area contributed by atoms with Gasteiger partial charge < -0.3 is 14.2 Å². The Hall–Kier alpha value is -2.62. The van der Waals surface area contributed by atoms with Crippen molar-refractivity contribution in [3.63, 3.8) is 0 Å². The quantitative estimate of drug-likeness (QED) is 0.499. The molecular weight excluding hydrogens is 388 g/mol. The number of Topliss-reactive ketones (excluding diaryl/α,β-unsaturated/α-hetero) is 1. The van der Waals surface area contributed by atoms with Crippen LogP contribution in [0.5, 0.6) is 11.5 Å². The molecule has 7 nitrogen and oxygen atoms in total. The van der Waals surface area contributed by atoms with E-state index in [2.05, 4.69) is 4.74 Å². The first-order valence-corrected chi connectivity index (χ1v) is 9.50. The number of carbonyl (C=O) groups is 2. The minimum atomic E-state index is -0.529. The summed E-state index contributed by atoms with van der Waals surface area (Å²) in [5, 5.41) is 18.3. The number of aryl methyl sites for hydroxylation is 1. The highest BCUT2D eigenvalue weighted by Gasteiger charge is 2.30. The SMILES string of the molecule is CCC(=O)COc1cc(C)c(OCC(=O)OC)c2c1SC(=C(C#N)C#N)S2. The molecule has 0 spiro atoms. The van der Waals surface area contributed by atoms with Gasteiger partial charge in [0.05, 0.1) is 21.1 Å². The maximum Gasteiger partial charge on any atom is 0.343 e. The van der Waals surface area contributed by atoms with Crippen LogP contribution in [0.15, 0.2) is 25.7 Å². The summed E-state index contributed by atoms with van der Waals surface area (Å²) in [5.74, 6) is 0.344. The minimum Gasteiger partial charge on any atom is -0.485 e. The number of esters is 1. The molecule has 0 bridgehead atoms. The number of nitrogens with zero attached hydrogens (tertiary/aromatic N) is 2. The Bertz CT molecular complexity index is 880. The molecule has 0 fully saturated rings. The van der Waals surface area contributed by atoms with Crippen molar-refractivity contribution in [1.29, 1.82) is 10.5 Å². The second kappa shape index (κ2) is 9.36. The molecule has 1 aliphatic heterocycles. The van der Waals surface area contributed by atoms with Crippen LogP contribution in [0, 0.1) is 29.6 Å². The van der Waals surface area contributed by atoms with Crippen LogP contribution in [0.2, 0.25) is 0 Å². The lowest BCUT2D eigenvalue weighted by Gasteiger charge is -2.15. The number of ketones is 1. The number of nitriles is 2. The summed E-state index contributed by atoms with van der Waals surface area (Å²) >= 11 is 2.41. The van der Waals surface area contributed by atoms with E-state index in [0.717, 1.165) is 0 Å². The van der Waals surface area contributed by atoms with Gasteiger partial charge in [-0.1, -0.05) is 30.4 Å². The van der Waals surface area contributed by atoms with Crippen molar-refractivity contribution in [3.8, 4) is 23.6 Å². The number of fused-ring (bicyclic) bond motifs is 1. The van der Waals surface area contributed by atoms with Crippen LogP contribution in [0.3, 0.4) is 0 Å². The lowest BCUT2D eigenvalue weighted by Crippen LogP contribution is -2.14. The molecule has 1 aromatic rings. The standard InChI is InChI=1S/C18H16N2O5S2/c1-4-12(21)8-24-13-5-10(2)15(25-9-14(22)23-3)17-16(13)26-18(27-17)11(6-19)7-20/h5H,4,8-9H2,1-3H3. The second-order valence-electron chi connectivity index (χ2n) is 5.31. The number of benzene rings is 1. The molecule has 1 aliphatic rings. The summed E-state index contributed by atoms with van der Waals surface area (Å²) in [5.41, 5.74) is 0.676. The number of allylic oxidation sites excluding steroid dienone is 1. The van der Waals surface area contributed by atoms with Crippen molar-refractivity contribution in [2.75, 3.05) is 20.3 Å². The molecule has 0 aromatic heterocycles. The smallest absolute Gasteiger partial charge is 0.343 e. The van der Waals surface area contributed by atoms with E-state index in [1.54, 1.807) is 19.9 Å². The van der Waals surface area contributed by atoms with Gasteiger partial charge in [-0.25, -0.2) is 4.79 Å². The fourth-order valence-electron chi connectivity index (χ4n) is 2.07. The molecule has 27 heavy (non-hydrogen) atoms. The predicted molar refractivity (Wildman–Crippen MR) is 99.4 cm³/mol. The molecule has 140 valence electrons. The van der Waals surface area contributed by atoms with E-state index in [4.69, 9.17) is 20.0 Å². The van der Waals surface area contributed by atoms with Gasteiger partial charge in [0.25, 0.3) is 0 Å². The maximum absolute atomic E-state index is 11.6. The maximum atomic E-state index is 11.6. The fraction of sp³-hybridized carbons (Fsp3) is 0.333. The van der Waals surface area contributed by atoms with Gasteiger partial charge in [0, 0.05) is 6.42 Å². The summed E-state index contributed by atoms with van der Waals surface area (Å²) in [4.78, 5) is 24.3. The molecule has 9 heteroatoms. The third-order valence-electron chi connectivity index (χ3n) is 3.50. The molecule has 1 heterocycles. The van der Waals surface area contributed by atoms with Gasteiger partial charge in [-0.05, 0) is 18.6 Å². The van der Waals surface area contributed by atoms with Crippen molar-refractivity contribution in [1.82, 2.24) is 0 Å². The summed E-state index contributed by atoms with van der Waals surface area (Å²) in [6.45, 7) is 3.19. The number of rotatable bonds is 7. The third-order valence-corrected chi connectivity index (χ3v) is 6.12. The molecule has 0 saturated heterocycles. The topological polar surface area (TPSA) is 109 Å². The second-order valence-corrected chi connectivity index (χ2v) is 7.61. The number of hydrogen-bond acceptors (Lipinski definition) is 9. The molecule has 0 unspecified atom stereocenters. The molecule has 0 radical (unpaired) electrons. The Morgan fingerprint density at radius 2 is 1.78 bits per heavy atom. The molecule has 1 aromatic carbocycles. The molecule has 0 aliphatic carbocycles. The zero-order valence-corrected chi connectivity index (χ0v) is 16.6. The number of carbonyl (C=O) groups excluding carboxylic acids is 2. The highest BCUT2D eigenvalue weighted by molar-refractivity contribution is 8.24. The Kier molecular flexibility index (Phi) is 7.17. The van der Waals surface area contributed by atoms with Crippen molar-refractivity contribution in [3.05, 3.63) is 21.4 Å². The molecule has 0 atom stereocenters. The van der Waals surface area contributed by atoms with Crippen LogP contribution >= 0.6 is 23.5 Å². The van der Waals surface area contributed by atoms with E-state index in [0.29, 0.717) is 37.5 Å². The highest BCUT2D eigenvalue weighted by Crippen LogP contribution is 2.59. The fourth-order valence-corrected chi connectivity index (χ4v) is 4.66. The molecular formula is C18H16N2O5S2. The molecule has 0 N–H and O–H groups in total. The zero-order valence-electron chi connectivity index (χ0n) is 15.0. The third kappa shape index (κ3) is 4.76. The van der Waals surface area contributed by atoms with E-state index in [-0.39, 0.29) is 24.6 Å². The summed E-state index contributed by atoms with van der Waals surface area (Å²) < 4.78 is 16.4. The van der Waals surface area contributed by atoms with Gasteiger partial charge in [-0.3, -0.25) is 4.79 Å². The first-order chi connectivity index (χ1) is 12.9. The van der Waals surface area contributed by atoms with Gasteiger partial charge in [0.15, 0.2) is 12.4 Å². The van der Waals surface area contributed by atoms with Gasteiger partial charge >= 0.3 is 5.97 Å². The van der Waals surface area contributed by atoms with Gasteiger partial charge in [-0.2, -0.15) is 10.5 Å². The van der Waals surface area contributed by atoms with Crippen LogP contribution in [-0.4, -0.2) is 32.1 Å². The molecule has 0 amide bonds. The Labute approximate surface area is 165 Å². The number of methoxy groups -OCH3 is 1. The van der Waals surface area contributed by atoms with Crippen molar-refractivity contribution in [2.45, 2.75) is 30.1 Å². The van der Waals surface area contributed by atoms with Crippen molar-refractivity contribution in [2.24, 2.45) is 0 Å². The van der Waals surface area contributed by atoms with Gasteiger partial charge in [0.2, 0.25) is 0 Å². The number of thioether (sulfide) groups is 2. The number of ether oxygens (including phenoxy) is 3. The van der Waals surface area contributed by atoms with E-state index in [9.17, 15) is 9.59 Å². The van der Waals surface area contributed by atoms with Crippen LogP contribution in [-0.2, 0) is 14.3 Å². The highest BCUT2D eigenvalue weighted by atomic mass is 32.2. The first-order valence-electron chi connectivity index (χ1n) is 7.87. The minimum absolute atomic E-state index is 0.0200. The average Bonchev–Trinajstić information content (AvgIpc) is 3.10. The van der Waals surface area contributed by atoms with Crippen LogP contribution in [0.4, 0.5) is 0 Å². The summed E-state index contributed by atoms with van der Waals surface area (Å²) in [6.07, 6.45) is 0.363. The largest absolute Gasteiger partial charge is 0.485 e. The van der Waals surface area contributed by atoms with Crippen LogP contribution in [0.25, 0.3) is 0 Å².